The molecule has 0 spiro atoms. The van der Waals surface area contributed by atoms with Gasteiger partial charge >= 0.3 is 12.7 Å². The van der Waals surface area contributed by atoms with Crippen molar-refractivity contribution in [2.45, 2.75) is 51.2 Å². The normalized spacial score (nSPS) is 14.3. The molecule has 0 aliphatic heterocycles. The highest BCUT2D eigenvalue weighted by molar-refractivity contribution is 5.35. The smallest absolute Gasteiger partial charge is 0.472 e. The van der Waals surface area contributed by atoms with E-state index in [-0.39, 0.29) is 25.0 Å². The lowest BCUT2D eigenvalue weighted by atomic mass is 10.0. The number of ether oxygens (including phenoxy) is 2. The molecule has 4 nitrogen and oxygen atoms in total. The van der Waals surface area contributed by atoms with E-state index in [9.17, 15) is 35.8 Å². The van der Waals surface area contributed by atoms with Gasteiger partial charge in [-0.3, -0.25) is 0 Å². The monoisotopic (exact) mass is 469 g/mol. The maximum atomic E-state index is 13.2. The lowest BCUT2D eigenvalue weighted by molar-refractivity contribution is -0.300. The Balaban J connectivity index is 2.21. The van der Waals surface area contributed by atoms with Crippen LogP contribution in [-0.4, -0.2) is 41.8 Å². The lowest BCUT2D eigenvalue weighted by Gasteiger charge is -2.34. The minimum atomic E-state index is -5.08. The van der Waals surface area contributed by atoms with Gasteiger partial charge < -0.3 is 14.6 Å². The Morgan fingerprint density at radius 3 is 2.25 bits per heavy atom. The molecule has 178 valence electrons. The summed E-state index contributed by atoms with van der Waals surface area (Å²) in [6.07, 6.45) is -13.3. The van der Waals surface area contributed by atoms with E-state index >= 15 is 0 Å². The van der Waals surface area contributed by atoms with Crippen LogP contribution >= 0.6 is 0 Å². The van der Waals surface area contributed by atoms with E-state index < -0.39 is 42.4 Å². The van der Waals surface area contributed by atoms with Gasteiger partial charge in [-0.2, -0.15) is 13.2 Å². The largest absolute Gasteiger partial charge is 0.573 e. The molecular weight excluding hydrogens is 447 g/mol. The molecule has 2 atom stereocenters. The molecule has 11 heteroatoms. The van der Waals surface area contributed by atoms with Gasteiger partial charge in [-0.05, 0) is 48.6 Å². The first-order valence-electron chi connectivity index (χ1n) is 9.61. The van der Waals surface area contributed by atoms with E-state index in [4.69, 9.17) is 4.74 Å². The van der Waals surface area contributed by atoms with Crippen molar-refractivity contribution >= 4 is 0 Å². The Morgan fingerprint density at radius 2 is 1.66 bits per heavy atom. The van der Waals surface area contributed by atoms with Crippen LogP contribution in [0.4, 0.5) is 30.7 Å². The van der Waals surface area contributed by atoms with Crippen molar-refractivity contribution < 1.29 is 45.3 Å². The summed E-state index contributed by atoms with van der Waals surface area (Å²) in [7, 11) is 0. The van der Waals surface area contributed by atoms with Gasteiger partial charge in [0.1, 0.15) is 17.6 Å². The zero-order valence-electron chi connectivity index (χ0n) is 17.0. The average Bonchev–Trinajstić information content (AvgIpc) is 2.70. The molecule has 0 aliphatic rings. The molecule has 0 aromatic heterocycles. The lowest BCUT2D eigenvalue weighted by Crippen LogP contribution is -2.53. The third kappa shape index (κ3) is 7.56. The van der Waals surface area contributed by atoms with Crippen molar-refractivity contribution in [3.63, 3.8) is 0 Å². The van der Waals surface area contributed by atoms with E-state index in [1.54, 1.807) is 18.2 Å². The summed E-state index contributed by atoms with van der Waals surface area (Å²) in [5, 5.41) is 10.0. The molecule has 0 bridgehead atoms. The number of aliphatic hydroxyl groups excluding tert-OH is 1. The van der Waals surface area contributed by atoms with Crippen LogP contribution in [0, 0.1) is 0 Å². The second-order valence-corrected chi connectivity index (χ2v) is 6.84. The quantitative estimate of drug-likeness (QED) is 0.280. The Kier molecular flexibility index (Phi) is 8.73. The van der Waals surface area contributed by atoms with Gasteiger partial charge in [-0.25, -0.2) is 4.39 Å². The molecule has 2 rings (SSSR count). The van der Waals surface area contributed by atoms with Crippen molar-refractivity contribution in [1.82, 2.24) is 4.90 Å². The van der Waals surface area contributed by atoms with Gasteiger partial charge in [-0.1, -0.05) is 37.3 Å². The van der Waals surface area contributed by atoms with E-state index in [0.29, 0.717) is 11.1 Å². The molecular formula is C21H22F7NO3. The summed E-state index contributed by atoms with van der Waals surface area (Å²) >= 11 is 0. The molecule has 1 N–H and O–H groups in total. The van der Waals surface area contributed by atoms with Crippen LogP contribution < -0.4 is 9.47 Å². The van der Waals surface area contributed by atoms with Crippen LogP contribution in [0.5, 0.6) is 11.5 Å². The van der Waals surface area contributed by atoms with Crippen molar-refractivity contribution in [2.24, 2.45) is 0 Å². The van der Waals surface area contributed by atoms with Crippen molar-refractivity contribution in [2.75, 3.05) is 6.80 Å². The van der Waals surface area contributed by atoms with Crippen molar-refractivity contribution in [1.29, 1.82) is 0 Å². The molecule has 2 aromatic carbocycles. The van der Waals surface area contributed by atoms with E-state index in [0.717, 1.165) is 6.07 Å². The number of benzene rings is 2. The van der Waals surface area contributed by atoms with Crippen LogP contribution in [0.15, 0.2) is 48.5 Å². The number of alkyl halides is 7. The zero-order chi connectivity index (χ0) is 23.9. The summed E-state index contributed by atoms with van der Waals surface area (Å²) in [6, 6.07) is 11.4. The maximum absolute atomic E-state index is 13.2. The number of hydrogen-bond acceptors (Lipinski definition) is 4. The summed E-state index contributed by atoms with van der Waals surface area (Å²) in [5.41, 5.74) is 0.927. The first-order valence-corrected chi connectivity index (χ1v) is 9.61. The highest BCUT2D eigenvalue weighted by Crippen LogP contribution is 2.30. The maximum Gasteiger partial charge on any atom is 0.573 e. The molecule has 0 amide bonds. The zero-order valence-corrected chi connectivity index (χ0v) is 17.0. The SMILES string of the molecule is CCC(O)C(Oc1ccccc1CCc1cccc(OC(F)(F)F)c1)N(CF)C(F)(F)F. The fraction of sp³-hybridized carbons (Fsp3) is 0.429. The number of aryl methyl sites for hydroxylation is 2. The van der Waals surface area contributed by atoms with Gasteiger partial charge in [0.05, 0.1) is 0 Å². The van der Waals surface area contributed by atoms with Gasteiger partial charge in [0.2, 0.25) is 0 Å². The molecule has 0 saturated heterocycles. The molecule has 0 heterocycles. The van der Waals surface area contributed by atoms with Crippen LogP contribution in [0.25, 0.3) is 0 Å². The van der Waals surface area contributed by atoms with Gasteiger partial charge in [-0.15, -0.1) is 18.1 Å². The summed E-state index contributed by atoms with van der Waals surface area (Å²) in [5.74, 6) is -0.398. The Hall–Kier alpha value is -2.53. The van der Waals surface area contributed by atoms with Gasteiger partial charge in [0.15, 0.2) is 13.0 Å². The standard InChI is InChI=1S/C21H22F7NO3/c1-2-17(30)19(29(13-22)20(23,24)25)31-18-9-4-3-7-15(18)11-10-14-6-5-8-16(12-14)32-21(26,27)28/h3-9,12,17,19,30H,2,10-11,13H2,1H3. The van der Waals surface area contributed by atoms with Crippen LogP contribution in [0.3, 0.4) is 0 Å². The van der Waals surface area contributed by atoms with Gasteiger partial charge in [0.25, 0.3) is 0 Å². The number of hydrogen-bond donors (Lipinski definition) is 1. The predicted octanol–water partition coefficient (Wildman–Crippen LogP) is 5.60. The first kappa shape index (κ1) is 25.7. The third-order valence-electron chi connectivity index (χ3n) is 4.54. The summed E-state index contributed by atoms with van der Waals surface area (Å²) in [6.45, 7) is -0.491. The van der Waals surface area contributed by atoms with Crippen molar-refractivity contribution in [3.8, 4) is 11.5 Å². The Labute approximate surface area is 180 Å². The topological polar surface area (TPSA) is 41.9 Å². The minimum Gasteiger partial charge on any atom is -0.472 e. The molecule has 32 heavy (non-hydrogen) atoms. The second-order valence-electron chi connectivity index (χ2n) is 6.84. The number of halogens is 7. The number of rotatable bonds is 10. The molecule has 2 unspecified atom stereocenters. The highest BCUT2D eigenvalue weighted by Gasteiger charge is 2.45. The molecule has 0 saturated carbocycles. The first-order chi connectivity index (χ1) is 14.9. The van der Waals surface area contributed by atoms with Crippen LogP contribution in [0.2, 0.25) is 0 Å². The summed E-state index contributed by atoms with van der Waals surface area (Å²) < 4.78 is 99.2. The van der Waals surface area contributed by atoms with E-state index in [1.165, 1.54) is 31.2 Å². The van der Waals surface area contributed by atoms with Crippen LogP contribution in [-0.2, 0) is 12.8 Å². The highest BCUT2D eigenvalue weighted by atomic mass is 19.4. The van der Waals surface area contributed by atoms with Crippen LogP contribution in [0.1, 0.15) is 24.5 Å². The van der Waals surface area contributed by atoms with E-state index in [2.05, 4.69) is 4.74 Å². The fourth-order valence-corrected chi connectivity index (χ4v) is 2.96. The molecule has 2 aromatic rings. The third-order valence-corrected chi connectivity index (χ3v) is 4.54. The van der Waals surface area contributed by atoms with Crippen molar-refractivity contribution in [3.05, 3.63) is 59.7 Å². The molecule has 0 fully saturated rings. The fourth-order valence-electron chi connectivity index (χ4n) is 2.96. The second kappa shape index (κ2) is 10.9. The number of nitrogens with zero attached hydrogens (tertiary/aromatic N) is 1. The average molecular weight is 469 g/mol. The predicted molar refractivity (Wildman–Crippen MR) is 102 cm³/mol. The van der Waals surface area contributed by atoms with Gasteiger partial charge in [0, 0.05) is 0 Å². The Morgan fingerprint density at radius 1 is 0.969 bits per heavy atom. The number of para-hydroxylation sites is 1. The molecule has 0 aliphatic carbocycles. The van der Waals surface area contributed by atoms with E-state index in [1.807, 2.05) is 0 Å². The summed E-state index contributed by atoms with van der Waals surface area (Å²) in [4.78, 5) is -0.546. The minimum absolute atomic E-state index is 0.00426. The Bertz CT molecular complexity index is 858. The molecule has 0 radical (unpaired) electrons. The number of aliphatic hydroxyl groups is 1.